The number of halogens is 1. The van der Waals surface area contributed by atoms with Crippen LogP contribution in [0.4, 0.5) is 0 Å². The van der Waals surface area contributed by atoms with E-state index in [4.69, 9.17) is 0 Å². The van der Waals surface area contributed by atoms with Gasteiger partial charge in [-0.15, -0.1) is 0 Å². The lowest BCUT2D eigenvalue weighted by atomic mass is 10.1. The van der Waals surface area contributed by atoms with Crippen molar-refractivity contribution in [1.29, 1.82) is 0 Å². The van der Waals surface area contributed by atoms with E-state index in [9.17, 15) is 14.4 Å². The van der Waals surface area contributed by atoms with Gasteiger partial charge in [0.15, 0.2) is 5.78 Å². The Bertz CT molecular complexity index is 1350. The molecule has 0 saturated heterocycles. The van der Waals surface area contributed by atoms with E-state index in [1.54, 1.807) is 36.4 Å². The van der Waals surface area contributed by atoms with E-state index in [1.807, 2.05) is 31.2 Å². The minimum absolute atomic E-state index is 0.120. The molecular weight excluding hydrogens is 446 g/mol. The number of aryl methyl sites for hydroxylation is 1. The topological polar surface area (TPSA) is 74.0 Å². The van der Waals surface area contributed by atoms with E-state index < -0.39 is 11.2 Å². The zero-order valence-electron chi connectivity index (χ0n) is 16.2. The van der Waals surface area contributed by atoms with Crippen LogP contribution in [0.25, 0.3) is 11.0 Å². The molecule has 6 nitrogen and oxygen atoms in total. The average Bonchev–Trinajstić information content (AvgIpc) is 2.76. The molecule has 0 saturated carbocycles. The number of fused-ring (bicyclic) bond motifs is 1. The molecule has 150 valence electrons. The van der Waals surface area contributed by atoms with Crippen molar-refractivity contribution in [2.24, 2.45) is 0 Å². The van der Waals surface area contributed by atoms with Crippen molar-refractivity contribution in [2.75, 3.05) is 0 Å². The van der Waals surface area contributed by atoms with Crippen LogP contribution in [0.2, 0.25) is 0 Å². The van der Waals surface area contributed by atoms with Crippen molar-refractivity contribution in [1.82, 2.24) is 14.1 Å². The Labute approximate surface area is 180 Å². The SMILES string of the molecule is Cc1ccc(Cn2c(=O)c3cccnc3n(CC(=O)c3ccc(Br)cc3)c2=O)cc1. The predicted octanol–water partition coefficient (Wildman–Crippen LogP) is 3.56. The van der Waals surface area contributed by atoms with Gasteiger partial charge in [0.1, 0.15) is 5.65 Å². The van der Waals surface area contributed by atoms with Gasteiger partial charge >= 0.3 is 5.69 Å². The van der Waals surface area contributed by atoms with Crippen LogP contribution in [0.15, 0.2) is 80.9 Å². The van der Waals surface area contributed by atoms with E-state index >= 15 is 0 Å². The average molecular weight is 464 g/mol. The van der Waals surface area contributed by atoms with Crippen molar-refractivity contribution in [3.8, 4) is 0 Å². The number of rotatable bonds is 5. The summed E-state index contributed by atoms with van der Waals surface area (Å²) in [6.45, 7) is 1.88. The molecule has 0 N–H and O–H groups in total. The van der Waals surface area contributed by atoms with E-state index in [1.165, 1.54) is 10.8 Å². The van der Waals surface area contributed by atoms with Gasteiger partial charge in [0.2, 0.25) is 0 Å². The lowest BCUT2D eigenvalue weighted by molar-refractivity contribution is 0.0971. The Kier molecular flexibility index (Phi) is 5.46. The Hall–Kier alpha value is -3.32. The summed E-state index contributed by atoms with van der Waals surface area (Å²) in [5, 5.41) is 0.299. The third-order valence-corrected chi connectivity index (χ3v) is 5.44. The third kappa shape index (κ3) is 3.89. The van der Waals surface area contributed by atoms with Gasteiger partial charge in [0.25, 0.3) is 5.56 Å². The maximum absolute atomic E-state index is 13.2. The van der Waals surface area contributed by atoms with E-state index in [-0.39, 0.29) is 24.5 Å². The number of nitrogens with zero attached hydrogens (tertiary/aromatic N) is 3. The number of hydrogen-bond acceptors (Lipinski definition) is 4. The lowest BCUT2D eigenvalue weighted by Crippen LogP contribution is -2.41. The van der Waals surface area contributed by atoms with Crippen molar-refractivity contribution >= 4 is 32.7 Å². The molecule has 0 aliphatic heterocycles. The zero-order chi connectivity index (χ0) is 21.3. The Morgan fingerprint density at radius 3 is 2.37 bits per heavy atom. The number of ketones is 1. The minimum Gasteiger partial charge on any atom is -0.292 e. The standard InChI is InChI=1S/C23H18BrN3O3/c1-15-4-6-16(7-5-15)13-27-22(29)19-3-2-12-25-21(19)26(23(27)30)14-20(28)17-8-10-18(24)11-9-17/h2-12H,13-14H2,1H3. The minimum atomic E-state index is -0.558. The molecule has 2 heterocycles. The number of pyridine rings is 1. The predicted molar refractivity (Wildman–Crippen MR) is 119 cm³/mol. The van der Waals surface area contributed by atoms with Gasteiger partial charge in [-0.25, -0.2) is 9.78 Å². The normalized spacial score (nSPS) is 11.0. The van der Waals surface area contributed by atoms with Gasteiger partial charge in [-0.1, -0.05) is 57.9 Å². The summed E-state index contributed by atoms with van der Waals surface area (Å²) in [7, 11) is 0. The number of benzene rings is 2. The molecule has 0 aliphatic rings. The molecular formula is C23H18BrN3O3. The fourth-order valence-corrected chi connectivity index (χ4v) is 3.54. The summed E-state index contributed by atoms with van der Waals surface area (Å²) < 4.78 is 3.29. The molecule has 4 rings (SSSR count). The third-order valence-electron chi connectivity index (χ3n) is 4.91. The van der Waals surface area contributed by atoms with E-state index in [0.717, 1.165) is 20.2 Å². The molecule has 0 radical (unpaired) electrons. The summed E-state index contributed by atoms with van der Waals surface area (Å²) in [5.41, 5.74) is 1.62. The summed E-state index contributed by atoms with van der Waals surface area (Å²) in [4.78, 5) is 43.2. The molecule has 30 heavy (non-hydrogen) atoms. The largest absolute Gasteiger partial charge is 0.333 e. The van der Waals surface area contributed by atoms with Crippen LogP contribution in [0.3, 0.4) is 0 Å². The van der Waals surface area contributed by atoms with Crippen molar-refractivity contribution < 1.29 is 4.79 Å². The van der Waals surface area contributed by atoms with Crippen LogP contribution >= 0.6 is 15.9 Å². The maximum Gasteiger partial charge on any atom is 0.333 e. The fourth-order valence-electron chi connectivity index (χ4n) is 3.28. The first-order chi connectivity index (χ1) is 14.4. The van der Waals surface area contributed by atoms with Crippen molar-refractivity contribution in [2.45, 2.75) is 20.0 Å². The Morgan fingerprint density at radius 2 is 1.67 bits per heavy atom. The first-order valence-corrected chi connectivity index (χ1v) is 10.2. The van der Waals surface area contributed by atoms with Gasteiger partial charge in [0.05, 0.1) is 18.5 Å². The quantitative estimate of drug-likeness (QED) is 0.424. The highest BCUT2D eigenvalue weighted by Gasteiger charge is 2.17. The zero-order valence-corrected chi connectivity index (χ0v) is 17.8. The van der Waals surface area contributed by atoms with Gasteiger partial charge < -0.3 is 0 Å². The van der Waals surface area contributed by atoms with Crippen LogP contribution in [0, 0.1) is 6.92 Å². The van der Waals surface area contributed by atoms with Gasteiger partial charge in [0, 0.05) is 16.2 Å². The molecule has 0 unspecified atom stereocenters. The highest BCUT2D eigenvalue weighted by Crippen LogP contribution is 2.13. The first-order valence-electron chi connectivity index (χ1n) is 9.37. The molecule has 7 heteroatoms. The van der Waals surface area contributed by atoms with E-state index in [0.29, 0.717) is 10.9 Å². The Balaban J connectivity index is 1.83. The molecule has 0 bridgehead atoms. The molecule has 0 aliphatic carbocycles. The maximum atomic E-state index is 13.2. The van der Waals surface area contributed by atoms with Crippen LogP contribution < -0.4 is 11.2 Å². The Morgan fingerprint density at radius 1 is 0.967 bits per heavy atom. The molecule has 2 aromatic carbocycles. The highest BCUT2D eigenvalue weighted by atomic mass is 79.9. The smallest absolute Gasteiger partial charge is 0.292 e. The summed E-state index contributed by atoms with van der Waals surface area (Å²) in [6, 6.07) is 17.8. The number of carbonyl (C=O) groups excluding carboxylic acids is 1. The van der Waals surface area contributed by atoms with Crippen LogP contribution in [0.1, 0.15) is 21.5 Å². The monoisotopic (exact) mass is 463 g/mol. The van der Waals surface area contributed by atoms with Crippen LogP contribution in [-0.4, -0.2) is 19.9 Å². The summed E-state index contributed by atoms with van der Waals surface area (Å²) in [6.07, 6.45) is 1.51. The number of Topliss-reactive ketones (excluding diaryl/α,β-unsaturated/α-hetero) is 1. The lowest BCUT2D eigenvalue weighted by Gasteiger charge is -2.13. The molecule has 0 amide bonds. The van der Waals surface area contributed by atoms with Gasteiger partial charge in [-0.3, -0.25) is 18.7 Å². The summed E-state index contributed by atoms with van der Waals surface area (Å²) in [5.74, 6) is -0.239. The number of hydrogen-bond donors (Lipinski definition) is 0. The van der Waals surface area contributed by atoms with Gasteiger partial charge in [-0.05, 0) is 36.8 Å². The molecule has 0 fully saturated rings. The number of carbonyl (C=O) groups is 1. The molecule has 0 atom stereocenters. The number of aromatic nitrogens is 3. The van der Waals surface area contributed by atoms with Gasteiger partial charge in [-0.2, -0.15) is 0 Å². The van der Waals surface area contributed by atoms with Crippen LogP contribution in [0.5, 0.6) is 0 Å². The summed E-state index contributed by atoms with van der Waals surface area (Å²) >= 11 is 3.34. The molecule has 0 spiro atoms. The second kappa shape index (κ2) is 8.20. The second-order valence-electron chi connectivity index (χ2n) is 7.05. The molecule has 4 aromatic rings. The highest BCUT2D eigenvalue weighted by molar-refractivity contribution is 9.10. The van der Waals surface area contributed by atoms with E-state index in [2.05, 4.69) is 20.9 Å². The van der Waals surface area contributed by atoms with Crippen molar-refractivity contribution in [3.05, 3.63) is 109 Å². The van der Waals surface area contributed by atoms with Crippen molar-refractivity contribution in [3.63, 3.8) is 0 Å². The first kappa shape index (κ1) is 20.0. The van der Waals surface area contributed by atoms with Crippen LogP contribution in [-0.2, 0) is 13.1 Å². The molecule has 2 aromatic heterocycles. The fraction of sp³-hybridized carbons (Fsp3) is 0.130. The second-order valence-corrected chi connectivity index (χ2v) is 7.97.